The largest absolute Gasteiger partial charge is 0.478 e. The topological polar surface area (TPSA) is 62.2 Å². The molecule has 0 bridgehead atoms. The van der Waals surface area contributed by atoms with Crippen LogP contribution < -0.4 is 5.32 Å². The number of carboxylic acids is 1. The first-order valence-electron chi connectivity index (χ1n) is 7.88. The smallest absolute Gasteiger partial charge is 0.328 e. The SMILES string of the molecule is Cc1nc(-c2ccccc2)sc1CNc1ccc(/C=C/C(=O)O)cc1. The number of benzene rings is 2. The van der Waals surface area contributed by atoms with E-state index in [-0.39, 0.29) is 0 Å². The van der Waals surface area contributed by atoms with Crippen LogP contribution in [-0.4, -0.2) is 16.1 Å². The first-order valence-corrected chi connectivity index (χ1v) is 8.70. The Hall–Kier alpha value is -2.92. The van der Waals surface area contributed by atoms with Crippen LogP contribution in [0, 0.1) is 6.92 Å². The van der Waals surface area contributed by atoms with Crippen molar-refractivity contribution in [1.29, 1.82) is 0 Å². The Morgan fingerprint density at radius 1 is 1.16 bits per heavy atom. The third-order valence-corrected chi connectivity index (χ3v) is 4.90. The first kappa shape index (κ1) is 16.9. The van der Waals surface area contributed by atoms with Gasteiger partial charge in [-0.15, -0.1) is 11.3 Å². The van der Waals surface area contributed by atoms with Crippen LogP contribution >= 0.6 is 11.3 Å². The summed E-state index contributed by atoms with van der Waals surface area (Å²) < 4.78 is 0. The minimum absolute atomic E-state index is 0.709. The maximum Gasteiger partial charge on any atom is 0.328 e. The summed E-state index contributed by atoms with van der Waals surface area (Å²) in [5, 5.41) is 13.1. The Morgan fingerprint density at radius 3 is 2.56 bits per heavy atom. The number of aromatic nitrogens is 1. The summed E-state index contributed by atoms with van der Waals surface area (Å²) in [7, 11) is 0. The van der Waals surface area contributed by atoms with Gasteiger partial charge in [-0.05, 0) is 30.7 Å². The van der Waals surface area contributed by atoms with Gasteiger partial charge in [0, 0.05) is 22.2 Å². The second-order valence-corrected chi connectivity index (χ2v) is 6.62. The van der Waals surface area contributed by atoms with Gasteiger partial charge in [0.2, 0.25) is 0 Å². The number of anilines is 1. The third kappa shape index (κ3) is 4.55. The molecule has 0 aliphatic carbocycles. The Kier molecular flexibility index (Phi) is 5.26. The zero-order valence-electron chi connectivity index (χ0n) is 13.8. The number of aliphatic carboxylic acids is 1. The van der Waals surface area contributed by atoms with Crippen LogP contribution in [0.3, 0.4) is 0 Å². The van der Waals surface area contributed by atoms with E-state index in [0.717, 1.165) is 33.6 Å². The van der Waals surface area contributed by atoms with Crippen molar-refractivity contribution in [3.63, 3.8) is 0 Å². The Morgan fingerprint density at radius 2 is 1.88 bits per heavy atom. The van der Waals surface area contributed by atoms with E-state index < -0.39 is 5.97 Å². The highest BCUT2D eigenvalue weighted by molar-refractivity contribution is 7.15. The summed E-state index contributed by atoms with van der Waals surface area (Å²) in [5.41, 5.74) is 4.02. The quantitative estimate of drug-likeness (QED) is 0.625. The molecule has 126 valence electrons. The van der Waals surface area contributed by atoms with Crippen molar-refractivity contribution < 1.29 is 9.90 Å². The minimum Gasteiger partial charge on any atom is -0.478 e. The van der Waals surface area contributed by atoms with E-state index >= 15 is 0 Å². The van der Waals surface area contributed by atoms with Crippen molar-refractivity contribution in [2.24, 2.45) is 0 Å². The van der Waals surface area contributed by atoms with E-state index in [1.165, 1.54) is 4.88 Å². The molecule has 0 unspecified atom stereocenters. The highest BCUT2D eigenvalue weighted by Crippen LogP contribution is 2.28. The maximum atomic E-state index is 10.5. The molecule has 3 aromatic rings. The first-order chi connectivity index (χ1) is 12.1. The molecule has 25 heavy (non-hydrogen) atoms. The number of rotatable bonds is 6. The predicted molar refractivity (Wildman–Crippen MR) is 103 cm³/mol. The number of hydrogen-bond donors (Lipinski definition) is 2. The highest BCUT2D eigenvalue weighted by atomic mass is 32.1. The molecule has 0 atom stereocenters. The summed E-state index contributed by atoms with van der Waals surface area (Å²) in [6.45, 7) is 2.74. The summed E-state index contributed by atoms with van der Waals surface area (Å²) in [5.74, 6) is -0.947. The molecule has 3 rings (SSSR count). The van der Waals surface area contributed by atoms with Crippen LogP contribution in [0.4, 0.5) is 5.69 Å². The van der Waals surface area contributed by atoms with Crippen molar-refractivity contribution in [3.8, 4) is 10.6 Å². The van der Waals surface area contributed by atoms with E-state index in [4.69, 9.17) is 5.11 Å². The van der Waals surface area contributed by atoms with Gasteiger partial charge in [0.05, 0.1) is 12.2 Å². The van der Waals surface area contributed by atoms with Gasteiger partial charge >= 0.3 is 5.97 Å². The van der Waals surface area contributed by atoms with E-state index in [1.807, 2.05) is 49.4 Å². The zero-order chi connectivity index (χ0) is 17.6. The van der Waals surface area contributed by atoms with Gasteiger partial charge in [0.25, 0.3) is 0 Å². The lowest BCUT2D eigenvalue weighted by atomic mass is 10.2. The van der Waals surface area contributed by atoms with E-state index in [0.29, 0.717) is 6.54 Å². The highest BCUT2D eigenvalue weighted by Gasteiger charge is 2.09. The Labute approximate surface area is 150 Å². The molecule has 1 heterocycles. The van der Waals surface area contributed by atoms with Gasteiger partial charge in [-0.2, -0.15) is 0 Å². The van der Waals surface area contributed by atoms with Crippen molar-refractivity contribution in [2.45, 2.75) is 13.5 Å². The molecule has 0 aliphatic rings. The number of carbonyl (C=O) groups is 1. The fourth-order valence-electron chi connectivity index (χ4n) is 2.36. The number of nitrogens with zero attached hydrogens (tertiary/aromatic N) is 1. The number of nitrogens with one attached hydrogen (secondary N) is 1. The summed E-state index contributed by atoms with van der Waals surface area (Å²) in [6, 6.07) is 17.8. The molecule has 0 amide bonds. The number of thiazole rings is 1. The van der Waals surface area contributed by atoms with Crippen LogP contribution in [0.25, 0.3) is 16.6 Å². The molecular weight excluding hydrogens is 332 g/mol. The van der Waals surface area contributed by atoms with Crippen LogP contribution in [0.15, 0.2) is 60.7 Å². The van der Waals surface area contributed by atoms with Gasteiger partial charge in [-0.3, -0.25) is 0 Å². The zero-order valence-corrected chi connectivity index (χ0v) is 14.6. The van der Waals surface area contributed by atoms with Crippen LogP contribution in [0.1, 0.15) is 16.1 Å². The lowest BCUT2D eigenvalue weighted by Crippen LogP contribution is -1.98. The molecule has 0 saturated heterocycles. The lowest BCUT2D eigenvalue weighted by Gasteiger charge is -2.05. The van der Waals surface area contributed by atoms with E-state index in [9.17, 15) is 4.79 Å². The minimum atomic E-state index is -0.947. The molecule has 0 fully saturated rings. The molecule has 0 saturated carbocycles. The molecule has 4 nitrogen and oxygen atoms in total. The van der Waals surface area contributed by atoms with Crippen molar-refractivity contribution >= 4 is 29.1 Å². The van der Waals surface area contributed by atoms with Crippen LogP contribution in [0.5, 0.6) is 0 Å². The summed E-state index contributed by atoms with van der Waals surface area (Å²) >= 11 is 1.70. The van der Waals surface area contributed by atoms with Gasteiger partial charge in [0.15, 0.2) is 0 Å². The Bertz CT molecular complexity index is 884. The molecule has 0 spiro atoms. The maximum absolute atomic E-state index is 10.5. The molecule has 0 aliphatic heterocycles. The van der Waals surface area contributed by atoms with Crippen LogP contribution in [-0.2, 0) is 11.3 Å². The number of hydrogen-bond acceptors (Lipinski definition) is 4. The normalized spacial score (nSPS) is 10.9. The van der Waals surface area contributed by atoms with Gasteiger partial charge in [0.1, 0.15) is 5.01 Å². The molecule has 1 aromatic heterocycles. The average Bonchev–Trinajstić information content (AvgIpc) is 3.00. The van der Waals surface area contributed by atoms with Gasteiger partial charge in [-0.1, -0.05) is 42.5 Å². The fraction of sp³-hybridized carbons (Fsp3) is 0.100. The number of aryl methyl sites for hydroxylation is 1. The molecule has 5 heteroatoms. The van der Waals surface area contributed by atoms with E-state index in [1.54, 1.807) is 17.4 Å². The van der Waals surface area contributed by atoms with Crippen molar-refractivity contribution in [3.05, 3.63) is 76.8 Å². The van der Waals surface area contributed by atoms with Crippen LogP contribution in [0.2, 0.25) is 0 Å². The third-order valence-electron chi connectivity index (χ3n) is 3.70. The molecule has 0 radical (unpaired) electrons. The standard InChI is InChI=1S/C20H18N2O2S/c1-14-18(25-20(22-14)16-5-3-2-4-6-16)13-21-17-10-7-15(8-11-17)9-12-19(23)24/h2-12,21H,13H2,1H3,(H,23,24)/b12-9+. The second-order valence-electron chi connectivity index (χ2n) is 5.54. The average molecular weight is 350 g/mol. The molecule has 2 aromatic carbocycles. The van der Waals surface area contributed by atoms with Crippen molar-refractivity contribution in [2.75, 3.05) is 5.32 Å². The lowest BCUT2D eigenvalue weighted by molar-refractivity contribution is -0.131. The fourth-order valence-corrected chi connectivity index (χ4v) is 3.37. The molecule has 2 N–H and O–H groups in total. The Balaban J connectivity index is 1.66. The monoisotopic (exact) mass is 350 g/mol. The summed E-state index contributed by atoms with van der Waals surface area (Å²) in [6.07, 6.45) is 2.71. The second kappa shape index (κ2) is 7.77. The predicted octanol–water partition coefficient (Wildman–Crippen LogP) is 4.83. The van der Waals surface area contributed by atoms with Crippen molar-refractivity contribution in [1.82, 2.24) is 4.98 Å². The van der Waals surface area contributed by atoms with E-state index in [2.05, 4.69) is 22.4 Å². The van der Waals surface area contributed by atoms with Gasteiger partial charge < -0.3 is 10.4 Å². The summed E-state index contributed by atoms with van der Waals surface area (Å²) in [4.78, 5) is 16.4. The number of carboxylic acid groups (broad SMARTS) is 1. The molecular formula is C20H18N2O2S. The van der Waals surface area contributed by atoms with Gasteiger partial charge in [-0.25, -0.2) is 9.78 Å².